The summed E-state index contributed by atoms with van der Waals surface area (Å²) in [6.07, 6.45) is 2.89. The van der Waals surface area contributed by atoms with Gasteiger partial charge in [-0.2, -0.15) is 0 Å². The summed E-state index contributed by atoms with van der Waals surface area (Å²) < 4.78 is 5.69. The molecule has 0 saturated carbocycles. The van der Waals surface area contributed by atoms with Crippen molar-refractivity contribution in [3.8, 4) is 5.75 Å². The van der Waals surface area contributed by atoms with Gasteiger partial charge < -0.3 is 15.0 Å². The molecule has 2 aromatic rings. The Morgan fingerprint density at radius 3 is 2.53 bits per heavy atom. The molecule has 0 heterocycles. The highest BCUT2D eigenvalue weighted by Crippen LogP contribution is 2.14. The van der Waals surface area contributed by atoms with Crippen molar-refractivity contribution in [2.45, 2.75) is 59.0 Å². The summed E-state index contributed by atoms with van der Waals surface area (Å²) in [6.45, 7) is 7.43. The molecular formula is C25H34N2O3. The Kier molecular flexibility index (Phi) is 9.92. The van der Waals surface area contributed by atoms with Crippen molar-refractivity contribution in [2.75, 3.05) is 13.2 Å². The second-order valence-corrected chi connectivity index (χ2v) is 7.60. The molecule has 2 rings (SSSR count). The molecule has 0 aromatic heterocycles. The normalized spacial score (nSPS) is 11.6. The zero-order valence-electron chi connectivity index (χ0n) is 18.4. The van der Waals surface area contributed by atoms with Gasteiger partial charge in [-0.3, -0.25) is 9.59 Å². The molecule has 5 nitrogen and oxygen atoms in total. The number of aryl methyl sites for hydroxylation is 1. The van der Waals surface area contributed by atoms with Gasteiger partial charge in [0.2, 0.25) is 11.8 Å². The largest absolute Gasteiger partial charge is 0.494 e. The number of nitrogens with zero attached hydrogens (tertiary/aromatic N) is 1. The summed E-state index contributed by atoms with van der Waals surface area (Å²) >= 11 is 0. The molecule has 0 bridgehead atoms. The highest BCUT2D eigenvalue weighted by Gasteiger charge is 2.25. The fraction of sp³-hybridized carbons (Fsp3) is 0.440. The van der Waals surface area contributed by atoms with Gasteiger partial charge in [0.25, 0.3) is 0 Å². The Balaban J connectivity index is 1.97. The standard InChI is InChI=1S/C25H34N2O3/c1-4-5-16-26-25(29)21(3)27(19-22-12-9-11-20(2)18-22)24(28)15-10-17-30-23-13-7-6-8-14-23/h6-9,11-14,18,21H,4-5,10,15-17,19H2,1-3H3,(H,26,29)/t21-/m0/s1. The number of ether oxygens (including phenoxy) is 1. The number of nitrogens with one attached hydrogen (secondary N) is 1. The number of unbranched alkanes of at least 4 members (excludes halogenated alkanes) is 1. The Morgan fingerprint density at radius 1 is 1.07 bits per heavy atom. The lowest BCUT2D eigenvalue weighted by Gasteiger charge is -2.29. The molecule has 0 spiro atoms. The topological polar surface area (TPSA) is 58.6 Å². The van der Waals surface area contributed by atoms with Crippen LogP contribution in [0.15, 0.2) is 54.6 Å². The highest BCUT2D eigenvalue weighted by atomic mass is 16.5. The molecule has 5 heteroatoms. The van der Waals surface area contributed by atoms with Crippen molar-refractivity contribution < 1.29 is 14.3 Å². The van der Waals surface area contributed by atoms with Crippen LogP contribution in [0.1, 0.15) is 50.7 Å². The van der Waals surface area contributed by atoms with Crippen molar-refractivity contribution >= 4 is 11.8 Å². The van der Waals surface area contributed by atoms with E-state index in [1.807, 2.05) is 55.5 Å². The zero-order valence-corrected chi connectivity index (χ0v) is 18.4. The third-order valence-electron chi connectivity index (χ3n) is 4.98. The SMILES string of the molecule is CCCCNC(=O)[C@H](C)N(Cc1cccc(C)c1)C(=O)CCCOc1ccccc1. The first-order valence-corrected chi connectivity index (χ1v) is 10.8. The molecule has 1 N–H and O–H groups in total. The summed E-state index contributed by atoms with van der Waals surface area (Å²) in [6, 6.07) is 17.1. The number of rotatable bonds is 12. The minimum absolute atomic E-state index is 0.0358. The molecule has 0 unspecified atom stereocenters. The van der Waals surface area contributed by atoms with E-state index in [9.17, 15) is 9.59 Å². The van der Waals surface area contributed by atoms with E-state index in [1.165, 1.54) is 0 Å². The number of hydrogen-bond donors (Lipinski definition) is 1. The molecule has 0 fully saturated rings. The number of benzene rings is 2. The van der Waals surface area contributed by atoms with Crippen LogP contribution in [0, 0.1) is 6.92 Å². The average Bonchev–Trinajstić information content (AvgIpc) is 2.75. The van der Waals surface area contributed by atoms with Gasteiger partial charge in [-0.15, -0.1) is 0 Å². The van der Waals surface area contributed by atoms with Gasteiger partial charge in [0.05, 0.1) is 6.61 Å². The fourth-order valence-electron chi connectivity index (χ4n) is 3.20. The predicted molar refractivity (Wildman–Crippen MR) is 120 cm³/mol. The van der Waals surface area contributed by atoms with Crippen molar-refractivity contribution in [3.05, 3.63) is 65.7 Å². The van der Waals surface area contributed by atoms with Crippen LogP contribution in [0.3, 0.4) is 0 Å². The smallest absolute Gasteiger partial charge is 0.242 e. The number of carbonyl (C=O) groups is 2. The molecule has 0 aliphatic heterocycles. The first-order valence-electron chi connectivity index (χ1n) is 10.8. The summed E-state index contributed by atoms with van der Waals surface area (Å²) in [4.78, 5) is 27.3. The lowest BCUT2D eigenvalue weighted by molar-refractivity contribution is -0.140. The van der Waals surface area contributed by atoms with Gasteiger partial charge in [-0.1, -0.05) is 61.4 Å². The minimum atomic E-state index is -0.523. The lowest BCUT2D eigenvalue weighted by Crippen LogP contribution is -2.47. The van der Waals surface area contributed by atoms with E-state index in [0.717, 1.165) is 29.7 Å². The van der Waals surface area contributed by atoms with E-state index in [2.05, 4.69) is 18.3 Å². The average molecular weight is 411 g/mol. The predicted octanol–water partition coefficient (Wildman–Crippen LogP) is 4.49. The van der Waals surface area contributed by atoms with Crippen molar-refractivity contribution in [3.63, 3.8) is 0 Å². The van der Waals surface area contributed by atoms with Gasteiger partial charge in [-0.05, 0) is 44.4 Å². The maximum atomic E-state index is 13.0. The van der Waals surface area contributed by atoms with E-state index in [0.29, 0.717) is 32.5 Å². The Bertz CT molecular complexity index is 792. The fourth-order valence-corrected chi connectivity index (χ4v) is 3.20. The van der Waals surface area contributed by atoms with Crippen LogP contribution in [-0.4, -0.2) is 35.9 Å². The number of carbonyl (C=O) groups excluding carboxylic acids is 2. The Morgan fingerprint density at radius 2 is 1.83 bits per heavy atom. The van der Waals surface area contributed by atoms with Gasteiger partial charge in [-0.25, -0.2) is 0 Å². The van der Waals surface area contributed by atoms with Gasteiger partial charge in [0, 0.05) is 19.5 Å². The molecule has 2 aromatic carbocycles. The maximum Gasteiger partial charge on any atom is 0.242 e. The monoisotopic (exact) mass is 410 g/mol. The summed E-state index contributed by atoms with van der Waals surface area (Å²) in [5.41, 5.74) is 2.16. The quantitative estimate of drug-likeness (QED) is 0.525. The van der Waals surface area contributed by atoms with E-state index < -0.39 is 6.04 Å². The molecule has 0 aliphatic rings. The van der Waals surface area contributed by atoms with Gasteiger partial charge in [0.15, 0.2) is 0 Å². The second kappa shape index (κ2) is 12.7. The van der Waals surface area contributed by atoms with Crippen molar-refractivity contribution in [1.82, 2.24) is 10.2 Å². The minimum Gasteiger partial charge on any atom is -0.494 e. The molecular weight excluding hydrogens is 376 g/mol. The second-order valence-electron chi connectivity index (χ2n) is 7.60. The Labute approximate surface area is 180 Å². The van der Waals surface area contributed by atoms with Crippen LogP contribution < -0.4 is 10.1 Å². The molecule has 30 heavy (non-hydrogen) atoms. The maximum absolute atomic E-state index is 13.0. The van der Waals surface area contributed by atoms with Crippen LogP contribution in [0.2, 0.25) is 0 Å². The number of amides is 2. The summed E-state index contributed by atoms with van der Waals surface area (Å²) in [7, 11) is 0. The third kappa shape index (κ3) is 7.90. The van der Waals surface area contributed by atoms with E-state index in [4.69, 9.17) is 4.74 Å². The third-order valence-corrected chi connectivity index (χ3v) is 4.98. The van der Waals surface area contributed by atoms with Crippen molar-refractivity contribution in [1.29, 1.82) is 0 Å². The first kappa shape index (κ1) is 23.5. The van der Waals surface area contributed by atoms with Crippen LogP contribution >= 0.6 is 0 Å². The highest BCUT2D eigenvalue weighted by molar-refractivity contribution is 5.87. The van der Waals surface area contributed by atoms with Crippen LogP contribution in [0.5, 0.6) is 5.75 Å². The molecule has 162 valence electrons. The summed E-state index contributed by atoms with van der Waals surface area (Å²) in [5.74, 6) is 0.654. The van der Waals surface area contributed by atoms with Gasteiger partial charge in [0.1, 0.15) is 11.8 Å². The molecule has 0 radical (unpaired) electrons. The zero-order chi connectivity index (χ0) is 21.8. The molecule has 1 atom stereocenters. The van der Waals surface area contributed by atoms with E-state index in [-0.39, 0.29) is 11.8 Å². The van der Waals surface area contributed by atoms with E-state index >= 15 is 0 Å². The number of hydrogen-bond acceptors (Lipinski definition) is 3. The lowest BCUT2D eigenvalue weighted by atomic mass is 10.1. The van der Waals surface area contributed by atoms with Crippen LogP contribution in [-0.2, 0) is 16.1 Å². The van der Waals surface area contributed by atoms with Crippen molar-refractivity contribution in [2.24, 2.45) is 0 Å². The first-order chi connectivity index (χ1) is 14.5. The number of para-hydroxylation sites is 1. The van der Waals surface area contributed by atoms with Crippen LogP contribution in [0.4, 0.5) is 0 Å². The molecule has 0 aliphatic carbocycles. The Hall–Kier alpha value is -2.82. The summed E-state index contributed by atoms with van der Waals surface area (Å²) in [5, 5.41) is 2.95. The molecule has 2 amide bonds. The van der Waals surface area contributed by atoms with Crippen LogP contribution in [0.25, 0.3) is 0 Å². The van der Waals surface area contributed by atoms with E-state index in [1.54, 1.807) is 11.8 Å². The van der Waals surface area contributed by atoms with Gasteiger partial charge >= 0.3 is 0 Å². The molecule has 0 saturated heterocycles.